The van der Waals surface area contributed by atoms with Gasteiger partial charge in [-0.2, -0.15) is 13.2 Å². The number of thiophene rings is 1. The van der Waals surface area contributed by atoms with Gasteiger partial charge in [-0.05, 0) is 55.7 Å². The molecule has 2 aromatic rings. The molecule has 2 aliphatic heterocycles. The molecule has 5 rings (SSSR count). The summed E-state index contributed by atoms with van der Waals surface area (Å²) >= 11 is 2.47. The number of fused-ring (bicyclic) bond motifs is 1. The summed E-state index contributed by atoms with van der Waals surface area (Å²) in [7, 11) is 0. The molecule has 3 heterocycles. The van der Waals surface area contributed by atoms with Crippen LogP contribution in [-0.4, -0.2) is 65.0 Å². The first-order chi connectivity index (χ1) is 18.8. The highest BCUT2D eigenvalue weighted by Crippen LogP contribution is 2.57. The average molecular weight is 593 g/mol. The van der Waals surface area contributed by atoms with E-state index >= 15 is 0 Å². The topological polar surface area (TPSA) is 115 Å². The van der Waals surface area contributed by atoms with Crippen LogP contribution in [0.15, 0.2) is 35.1 Å². The first-order valence-corrected chi connectivity index (χ1v) is 14.8. The normalized spacial score (nSPS) is 21.7. The molecule has 2 atom stereocenters. The third-order valence-corrected chi connectivity index (χ3v) is 10.2. The minimum absolute atomic E-state index is 0.00225. The third-order valence-electron chi connectivity index (χ3n) is 7.78. The standard InChI is InChI=1S/C27H31F3N6O2S2/c1-4-19(37)36-14(2)10-35(11-15(36)3)24(31)16-9-17(27(28,29)30)20(22-18(5-8-39-22)34-25(32)38)23-21(16)33-12-26(6-7-26)13-40-23/h4-5,8-9,14-15,31,33H,1,6-7,10-13H2,2-3H3,(H3,32,34,38)/t14-,15+. The van der Waals surface area contributed by atoms with Crippen molar-refractivity contribution in [2.75, 3.05) is 36.0 Å². The van der Waals surface area contributed by atoms with E-state index in [4.69, 9.17) is 11.1 Å². The number of thioether (sulfide) groups is 1. The summed E-state index contributed by atoms with van der Waals surface area (Å²) in [5, 5.41) is 16.6. The number of halogens is 3. The summed E-state index contributed by atoms with van der Waals surface area (Å²) in [6.07, 6.45) is -1.51. The highest BCUT2D eigenvalue weighted by Gasteiger charge is 2.46. The van der Waals surface area contributed by atoms with E-state index < -0.39 is 17.8 Å². The number of primary amides is 1. The highest BCUT2D eigenvalue weighted by molar-refractivity contribution is 7.99. The average Bonchev–Trinajstić information content (AvgIpc) is 3.57. The molecule has 214 valence electrons. The molecule has 3 aliphatic rings. The van der Waals surface area contributed by atoms with Crippen LogP contribution in [0, 0.1) is 10.8 Å². The predicted octanol–water partition coefficient (Wildman–Crippen LogP) is 5.65. The van der Waals surface area contributed by atoms with Crippen molar-refractivity contribution in [3.8, 4) is 10.4 Å². The Morgan fingerprint density at radius 2 is 1.95 bits per heavy atom. The smallest absolute Gasteiger partial charge is 0.383 e. The van der Waals surface area contributed by atoms with Gasteiger partial charge in [-0.25, -0.2) is 4.79 Å². The number of hydrogen-bond donors (Lipinski definition) is 4. The van der Waals surface area contributed by atoms with E-state index in [9.17, 15) is 22.8 Å². The Labute approximate surface area is 238 Å². The number of urea groups is 1. The minimum Gasteiger partial charge on any atom is -0.383 e. The quantitative estimate of drug-likeness (QED) is 0.208. The molecule has 0 bridgehead atoms. The first kappa shape index (κ1) is 28.3. The van der Waals surface area contributed by atoms with E-state index in [1.807, 2.05) is 13.8 Å². The molecular formula is C27H31F3N6O2S2. The fraction of sp³-hybridized carbons (Fsp3) is 0.444. The third kappa shape index (κ3) is 5.16. The lowest BCUT2D eigenvalue weighted by Crippen LogP contribution is -2.59. The summed E-state index contributed by atoms with van der Waals surface area (Å²) in [5.41, 5.74) is 5.30. The number of amides is 3. The van der Waals surface area contributed by atoms with Gasteiger partial charge in [-0.15, -0.1) is 23.1 Å². The SMILES string of the molecule is C=CC(=O)N1[C@H](C)CN(C(=N)c2cc(C(F)(F)F)c(-c3sccc3NC(N)=O)c3c2NCC2(CC2)CS3)C[C@@H]1C. The second-order valence-electron chi connectivity index (χ2n) is 10.7. The van der Waals surface area contributed by atoms with Gasteiger partial charge in [0.2, 0.25) is 5.91 Å². The Morgan fingerprint density at radius 1 is 1.27 bits per heavy atom. The molecule has 1 aliphatic carbocycles. The number of piperazine rings is 1. The number of rotatable bonds is 4. The lowest BCUT2D eigenvalue weighted by Gasteiger charge is -2.45. The van der Waals surface area contributed by atoms with E-state index in [2.05, 4.69) is 17.2 Å². The summed E-state index contributed by atoms with van der Waals surface area (Å²) in [6, 6.07) is 1.20. The monoisotopic (exact) mass is 592 g/mol. The van der Waals surface area contributed by atoms with Gasteiger partial charge in [0.15, 0.2) is 0 Å². The molecular weight excluding hydrogens is 561 g/mol. The van der Waals surface area contributed by atoms with Gasteiger partial charge in [-0.3, -0.25) is 10.2 Å². The molecule has 13 heteroatoms. The molecule has 0 radical (unpaired) electrons. The Hall–Kier alpha value is -3.19. The molecule has 0 unspecified atom stereocenters. The summed E-state index contributed by atoms with van der Waals surface area (Å²) in [6.45, 7) is 8.49. The maximum absolute atomic E-state index is 14.8. The van der Waals surface area contributed by atoms with Crippen LogP contribution in [0.25, 0.3) is 10.4 Å². The molecule has 8 nitrogen and oxygen atoms in total. The molecule has 1 spiro atoms. The van der Waals surface area contributed by atoms with Crippen LogP contribution >= 0.6 is 23.1 Å². The molecule has 5 N–H and O–H groups in total. The predicted molar refractivity (Wildman–Crippen MR) is 153 cm³/mol. The molecule has 2 fully saturated rings. The largest absolute Gasteiger partial charge is 0.417 e. The second kappa shape index (κ2) is 10.3. The number of alkyl halides is 3. The van der Waals surface area contributed by atoms with Crippen LogP contribution in [0.3, 0.4) is 0 Å². The number of nitrogens with one attached hydrogen (secondary N) is 3. The fourth-order valence-electron chi connectivity index (χ4n) is 5.61. The summed E-state index contributed by atoms with van der Waals surface area (Å²) < 4.78 is 44.4. The molecule has 1 aromatic carbocycles. The molecule has 40 heavy (non-hydrogen) atoms. The van der Waals surface area contributed by atoms with Gasteiger partial charge in [0.05, 0.1) is 21.8 Å². The molecule has 3 amide bonds. The molecule has 1 saturated carbocycles. The number of hydrogen-bond acceptors (Lipinski definition) is 6. The Morgan fingerprint density at radius 3 is 2.52 bits per heavy atom. The van der Waals surface area contributed by atoms with Gasteiger partial charge in [-0.1, -0.05) is 6.58 Å². The van der Waals surface area contributed by atoms with Crippen molar-refractivity contribution >= 4 is 52.2 Å². The maximum atomic E-state index is 14.8. The van der Waals surface area contributed by atoms with E-state index in [0.29, 0.717) is 36.0 Å². The van der Waals surface area contributed by atoms with E-state index in [-0.39, 0.29) is 50.9 Å². The van der Waals surface area contributed by atoms with Gasteiger partial charge in [0.25, 0.3) is 0 Å². The van der Waals surface area contributed by atoms with E-state index in [0.717, 1.165) is 30.2 Å². The van der Waals surface area contributed by atoms with Crippen molar-refractivity contribution in [3.63, 3.8) is 0 Å². The summed E-state index contributed by atoms with van der Waals surface area (Å²) in [4.78, 5) is 28.1. The van der Waals surface area contributed by atoms with Gasteiger partial charge >= 0.3 is 12.2 Å². The number of carbonyl (C=O) groups excluding carboxylic acids is 2. The van der Waals surface area contributed by atoms with E-state index in [1.165, 1.54) is 23.9 Å². The highest BCUT2D eigenvalue weighted by atomic mass is 32.2. The van der Waals surface area contributed by atoms with Crippen molar-refractivity contribution in [1.29, 1.82) is 5.41 Å². The second-order valence-corrected chi connectivity index (χ2v) is 12.6. The number of carbonyl (C=O) groups is 2. The zero-order valence-electron chi connectivity index (χ0n) is 22.2. The van der Waals surface area contributed by atoms with Crippen LogP contribution < -0.4 is 16.4 Å². The molecule has 1 aromatic heterocycles. The van der Waals surface area contributed by atoms with E-state index in [1.54, 1.807) is 15.2 Å². The lowest BCUT2D eigenvalue weighted by atomic mass is 9.96. The first-order valence-electron chi connectivity index (χ1n) is 12.9. The Kier molecular flexibility index (Phi) is 7.32. The van der Waals surface area contributed by atoms with Crippen molar-refractivity contribution < 1.29 is 22.8 Å². The number of amidine groups is 1. The van der Waals surface area contributed by atoms with Gasteiger partial charge in [0, 0.05) is 53.5 Å². The van der Waals surface area contributed by atoms with Crippen molar-refractivity contribution in [2.24, 2.45) is 11.1 Å². The van der Waals surface area contributed by atoms with Crippen LogP contribution in [0.2, 0.25) is 0 Å². The minimum atomic E-state index is -4.73. The lowest BCUT2D eigenvalue weighted by molar-refractivity contribution is -0.137. The fourth-order valence-corrected chi connectivity index (χ4v) is 8.12. The zero-order chi connectivity index (χ0) is 29.0. The van der Waals surface area contributed by atoms with Crippen LogP contribution in [0.1, 0.15) is 37.8 Å². The maximum Gasteiger partial charge on any atom is 0.417 e. The van der Waals surface area contributed by atoms with Crippen LogP contribution in [0.5, 0.6) is 0 Å². The number of benzene rings is 1. The van der Waals surface area contributed by atoms with Crippen LogP contribution in [0.4, 0.5) is 29.3 Å². The Balaban J connectivity index is 1.65. The van der Waals surface area contributed by atoms with Crippen molar-refractivity contribution in [3.05, 3.63) is 41.3 Å². The van der Waals surface area contributed by atoms with Crippen LogP contribution in [-0.2, 0) is 11.0 Å². The number of anilines is 2. The molecule has 1 saturated heterocycles. The zero-order valence-corrected chi connectivity index (χ0v) is 23.8. The van der Waals surface area contributed by atoms with Crippen molar-refractivity contribution in [2.45, 2.75) is 49.8 Å². The van der Waals surface area contributed by atoms with Gasteiger partial charge < -0.3 is 26.2 Å². The van der Waals surface area contributed by atoms with Crippen molar-refractivity contribution in [1.82, 2.24) is 9.80 Å². The number of nitrogens with two attached hydrogens (primary N) is 1. The summed E-state index contributed by atoms with van der Waals surface area (Å²) in [5.74, 6) is 0.404. The number of nitrogens with zero attached hydrogens (tertiary/aromatic N) is 2. The van der Waals surface area contributed by atoms with Gasteiger partial charge in [0.1, 0.15) is 5.84 Å². The Bertz CT molecular complexity index is 1370.